The molecule has 0 amide bonds. The van der Waals surface area contributed by atoms with E-state index in [-0.39, 0.29) is 0 Å². The maximum Gasteiger partial charge on any atom is 0.126 e. The predicted octanol–water partition coefficient (Wildman–Crippen LogP) is 2.27. The van der Waals surface area contributed by atoms with Crippen LogP contribution in [0, 0.1) is 0 Å². The number of nitrogens with one attached hydrogen (secondary N) is 1. The van der Waals surface area contributed by atoms with Crippen LogP contribution >= 0.6 is 24.0 Å². The van der Waals surface area contributed by atoms with Crippen molar-refractivity contribution in [3.8, 4) is 0 Å². The molecule has 0 spiro atoms. The molecule has 3 nitrogen and oxygen atoms in total. The number of rotatable bonds is 6. The smallest absolute Gasteiger partial charge is 0.126 e. The van der Waals surface area contributed by atoms with Crippen molar-refractivity contribution < 1.29 is 0 Å². The van der Waals surface area contributed by atoms with Crippen molar-refractivity contribution in [1.82, 2.24) is 4.98 Å². The van der Waals surface area contributed by atoms with Crippen LogP contribution in [0.3, 0.4) is 0 Å². The number of pyridine rings is 1. The van der Waals surface area contributed by atoms with Crippen molar-refractivity contribution in [2.24, 2.45) is 5.73 Å². The Morgan fingerprint density at radius 3 is 3.00 bits per heavy atom. The number of thiocarbonyl (C=S) groups is 1. The van der Waals surface area contributed by atoms with E-state index >= 15 is 0 Å². The van der Waals surface area contributed by atoms with Crippen LogP contribution in [-0.2, 0) is 0 Å². The lowest BCUT2D eigenvalue weighted by Gasteiger charge is -2.14. The molecule has 0 bridgehead atoms. The maximum absolute atomic E-state index is 5.53. The molecule has 0 aliphatic rings. The highest BCUT2D eigenvalue weighted by molar-refractivity contribution is 7.98. The molecule has 88 valence electrons. The van der Waals surface area contributed by atoms with Crippen LogP contribution in [0.25, 0.3) is 0 Å². The highest BCUT2D eigenvalue weighted by atomic mass is 32.2. The van der Waals surface area contributed by atoms with Crippen molar-refractivity contribution in [1.29, 1.82) is 0 Å². The fraction of sp³-hybridized carbons (Fsp3) is 0.455. The summed E-state index contributed by atoms with van der Waals surface area (Å²) >= 11 is 6.74. The van der Waals surface area contributed by atoms with E-state index in [9.17, 15) is 0 Å². The zero-order chi connectivity index (χ0) is 12.0. The van der Waals surface area contributed by atoms with Gasteiger partial charge in [-0.05, 0) is 37.5 Å². The van der Waals surface area contributed by atoms with E-state index in [2.05, 4.69) is 23.5 Å². The van der Waals surface area contributed by atoms with E-state index in [1.54, 1.807) is 0 Å². The number of thioether (sulfide) groups is 1. The monoisotopic (exact) mass is 255 g/mol. The highest BCUT2D eigenvalue weighted by Gasteiger charge is 2.04. The molecule has 0 aromatic carbocycles. The van der Waals surface area contributed by atoms with E-state index in [1.807, 2.05) is 30.0 Å². The molecule has 0 fully saturated rings. The standard InChI is InChI=1S/C11H17N3S2/c1-8(6-7-16-2)13-10-5-3-4-9(14-10)11(12)15/h3-5,8H,6-7H2,1-2H3,(H2,12,15)(H,13,14). The second-order valence-electron chi connectivity index (χ2n) is 3.60. The van der Waals surface area contributed by atoms with Crippen LogP contribution in [0.5, 0.6) is 0 Å². The predicted molar refractivity (Wildman–Crippen MR) is 76.2 cm³/mol. The summed E-state index contributed by atoms with van der Waals surface area (Å²) in [5.74, 6) is 1.97. The molecule has 1 heterocycles. The molecular formula is C11H17N3S2. The van der Waals surface area contributed by atoms with Gasteiger partial charge in [0.25, 0.3) is 0 Å². The van der Waals surface area contributed by atoms with Crippen LogP contribution in [0.2, 0.25) is 0 Å². The summed E-state index contributed by atoms with van der Waals surface area (Å²) in [6.07, 6.45) is 3.22. The molecule has 5 heteroatoms. The average Bonchev–Trinajstić information content (AvgIpc) is 2.26. The Kier molecular flexibility index (Phi) is 5.55. The first kappa shape index (κ1) is 13.3. The first-order chi connectivity index (χ1) is 7.63. The first-order valence-electron chi connectivity index (χ1n) is 5.16. The minimum absolute atomic E-state index is 0.334. The van der Waals surface area contributed by atoms with E-state index < -0.39 is 0 Å². The summed E-state index contributed by atoms with van der Waals surface area (Å²) in [5, 5.41) is 3.33. The largest absolute Gasteiger partial charge is 0.388 e. The summed E-state index contributed by atoms with van der Waals surface area (Å²) < 4.78 is 0. The third-order valence-electron chi connectivity index (χ3n) is 2.15. The molecule has 3 N–H and O–H groups in total. The fourth-order valence-corrected chi connectivity index (χ4v) is 1.97. The van der Waals surface area contributed by atoms with Gasteiger partial charge in [0, 0.05) is 6.04 Å². The van der Waals surface area contributed by atoms with Crippen molar-refractivity contribution in [2.45, 2.75) is 19.4 Å². The Morgan fingerprint density at radius 2 is 2.38 bits per heavy atom. The molecule has 1 aromatic heterocycles. The van der Waals surface area contributed by atoms with Crippen LogP contribution < -0.4 is 11.1 Å². The number of nitrogens with zero attached hydrogens (tertiary/aromatic N) is 1. The molecule has 0 radical (unpaired) electrons. The van der Waals surface area contributed by atoms with E-state index in [4.69, 9.17) is 18.0 Å². The lowest BCUT2D eigenvalue weighted by molar-refractivity contribution is 0.767. The normalized spacial score (nSPS) is 12.1. The van der Waals surface area contributed by atoms with Gasteiger partial charge in [0.15, 0.2) is 0 Å². The number of hydrogen-bond donors (Lipinski definition) is 2. The van der Waals surface area contributed by atoms with Crippen LogP contribution in [0.4, 0.5) is 5.82 Å². The fourth-order valence-electron chi connectivity index (χ4n) is 1.27. The lowest BCUT2D eigenvalue weighted by Crippen LogP contribution is -2.18. The van der Waals surface area contributed by atoms with E-state index in [0.29, 0.717) is 16.7 Å². The Hall–Kier alpha value is -0.810. The Balaban J connectivity index is 2.59. The van der Waals surface area contributed by atoms with Gasteiger partial charge < -0.3 is 11.1 Å². The van der Waals surface area contributed by atoms with Crippen molar-refractivity contribution in [3.05, 3.63) is 23.9 Å². The van der Waals surface area contributed by atoms with Gasteiger partial charge in [0.2, 0.25) is 0 Å². The second kappa shape index (κ2) is 6.70. The summed E-state index contributed by atoms with van der Waals surface area (Å²) in [5.41, 5.74) is 6.20. The highest BCUT2D eigenvalue weighted by Crippen LogP contribution is 2.09. The van der Waals surface area contributed by atoms with E-state index in [1.165, 1.54) is 0 Å². The number of nitrogens with two attached hydrogens (primary N) is 1. The van der Waals surface area contributed by atoms with Crippen molar-refractivity contribution in [2.75, 3.05) is 17.3 Å². The van der Waals surface area contributed by atoms with Gasteiger partial charge in [0.1, 0.15) is 10.8 Å². The summed E-state index contributed by atoms with van der Waals surface area (Å²) in [6.45, 7) is 2.14. The second-order valence-corrected chi connectivity index (χ2v) is 5.02. The van der Waals surface area contributed by atoms with Gasteiger partial charge in [-0.2, -0.15) is 11.8 Å². The first-order valence-corrected chi connectivity index (χ1v) is 6.96. The van der Waals surface area contributed by atoms with Crippen LogP contribution in [0.15, 0.2) is 18.2 Å². The molecule has 1 aromatic rings. The maximum atomic E-state index is 5.53. The number of aromatic nitrogens is 1. The average molecular weight is 255 g/mol. The minimum atomic E-state index is 0.334. The Bertz CT molecular complexity index is 355. The van der Waals surface area contributed by atoms with Crippen molar-refractivity contribution >= 4 is 34.8 Å². The summed E-state index contributed by atoms with van der Waals surface area (Å²) in [4.78, 5) is 4.67. The van der Waals surface area contributed by atoms with Gasteiger partial charge in [0.05, 0.1) is 5.69 Å². The van der Waals surface area contributed by atoms with Crippen LogP contribution in [-0.4, -0.2) is 28.0 Å². The molecule has 0 aliphatic carbocycles. The SMILES string of the molecule is CSCCC(C)Nc1cccc(C(N)=S)n1. The zero-order valence-corrected chi connectivity index (χ0v) is 11.2. The van der Waals surface area contributed by atoms with Crippen molar-refractivity contribution in [3.63, 3.8) is 0 Å². The van der Waals surface area contributed by atoms with Gasteiger partial charge in [-0.15, -0.1) is 0 Å². The molecule has 0 saturated carbocycles. The molecule has 0 aliphatic heterocycles. The van der Waals surface area contributed by atoms with Gasteiger partial charge in [-0.1, -0.05) is 18.3 Å². The summed E-state index contributed by atoms with van der Waals surface area (Å²) in [6, 6.07) is 6.06. The molecule has 1 unspecified atom stereocenters. The quantitative estimate of drug-likeness (QED) is 0.764. The molecule has 0 saturated heterocycles. The third-order valence-corrected chi connectivity index (χ3v) is 3.00. The minimum Gasteiger partial charge on any atom is -0.388 e. The van der Waals surface area contributed by atoms with Crippen LogP contribution in [0.1, 0.15) is 19.0 Å². The molecule has 1 rings (SSSR count). The number of anilines is 1. The number of hydrogen-bond acceptors (Lipinski definition) is 4. The topological polar surface area (TPSA) is 50.9 Å². The Morgan fingerprint density at radius 1 is 1.62 bits per heavy atom. The zero-order valence-electron chi connectivity index (χ0n) is 9.56. The van der Waals surface area contributed by atoms with Gasteiger partial charge >= 0.3 is 0 Å². The lowest BCUT2D eigenvalue weighted by atomic mass is 10.2. The van der Waals surface area contributed by atoms with E-state index in [0.717, 1.165) is 18.0 Å². The molecular weight excluding hydrogens is 238 g/mol. The third kappa shape index (κ3) is 4.37. The molecule has 1 atom stereocenters. The molecule has 16 heavy (non-hydrogen) atoms. The Labute approximate surface area is 106 Å². The summed E-state index contributed by atoms with van der Waals surface area (Å²) in [7, 11) is 0. The van der Waals surface area contributed by atoms with Gasteiger partial charge in [-0.25, -0.2) is 4.98 Å². The van der Waals surface area contributed by atoms with Gasteiger partial charge in [-0.3, -0.25) is 0 Å².